The van der Waals surface area contributed by atoms with Crippen molar-refractivity contribution in [1.29, 1.82) is 0 Å². The van der Waals surface area contributed by atoms with Gasteiger partial charge in [0, 0.05) is 0 Å². The van der Waals surface area contributed by atoms with E-state index in [9.17, 15) is 9.90 Å². The van der Waals surface area contributed by atoms with Crippen LogP contribution >= 0.6 is 0 Å². The van der Waals surface area contributed by atoms with Crippen molar-refractivity contribution in [2.75, 3.05) is 7.11 Å². The molecule has 0 aliphatic heterocycles. The molecule has 0 fully saturated rings. The predicted octanol–water partition coefficient (Wildman–Crippen LogP) is -0.187. The number of carbonyl (C=O) groups is 1. The van der Waals surface area contributed by atoms with Gasteiger partial charge in [0.25, 0.3) is 0 Å². The number of nitrogens with two attached hydrogens (primary N) is 1. The lowest BCUT2D eigenvalue weighted by atomic mass is 10.1. The maximum Gasteiger partial charge on any atom is 0.325 e. The fraction of sp³-hybridized carbons (Fsp3) is 0.375. The number of rotatable bonds is 3. The second-order valence-corrected chi connectivity index (χ2v) is 2.51. The Morgan fingerprint density at radius 1 is 1.77 bits per heavy atom. The largest absolute Gasteiger partial charge is 0.468 e. The van der Waals surface area contributed by atoms with Crippen molar-refractivity contribution in [2.24, 2.45) is 5.73 Å². The zero-order valence-corrected chi connectivity index (χ0v) is 7.14. The summed E-state index contributed by atoms with van der Waals surface area (Å²) < 4.78 is 9.24. The standard InChI is InChI=1S/C8H11NO4/c1-12-8(11)6(9)7(10)5-3-2-4-13-5/h2-4,6-7,10H,9H2,1H3/t6-,7-/m0/s1. The first-order valence-corrected chi connectivity index (χ1v) is 3.71. The molecule has 72 valence electrons. The van der Waals surface area contributed by atoms with Gasteiger partial charge in [0.15, 0.2) is 0 Å². The number of carbonyl (C=O) groups excluding carboxylic acids is 1. The Labute approximate surface area is 75.1 Å². The summed E-state index contributed by atoms with van der Waals surface area (Å²) in [7, 11) is 1.21. The molecule has 5 heteroatoms. The van der Waals surface area contributed by atoms with Crippen LogP contribution in [0.4, 0.5) is 0 Å². The average Bonchev–Trinajstić information content (AvgIpc) is 2.67. The second kappa shape index (κ2) is 4.06. The van der Waals surface area contributed by atoms with Crippen LogP contribution in [-0.2, 0) is 9.53 Å². The van der Waals surface area contributed by atoms with Gasteiger partial charge < -0.3 is 20.0 Å². The van der Waals surface area contributed by atoms with Gasteiger partial charge in [-0.05, 0) is 12.1 Å². The van der Waals surface area contributed by atoms with Gasteiger partial charge in [-0.15, -0.1) is 0 Å². The van der Waals surface area contributed by atoms with E-state index in [1.54, 1.807) is 6.07 Å². The average molecular weight is 185 g/mol. The van der Waals surface area contributed by atoms with E-state index in [2.05, 4.69) is 4.74 Å². The summed E-state index contributed by atoms with van der Waals surface area (Å²) in [6.45, 7) is 0. The number of hydrogen-bond acceptors (Lipinski definition) is 5. The first-order valence-electron chi connectivity index (χ1n) is 3.71. The molecule has 1 rings (SSSR count). The van der Waals surface area contributed by atoms with Crippen LogP contribution in [0.2, 0.25) is 0 Å². The monoisotopic (exact) mass is 185 g/mol. The molecule has 1 heterocycles. The Morgan fingerprint density at radius 3 is 2.92 bits per heavy atom. The number of aliphatic hydroxyl groups is 1. The van der Waals surface area contributed by atoms with Gasteiger partial charge in [-0.3, -0.25) is 4.79 Å². The summed E-state index contributed by atoms with van der Waals surface area (Å²) in [5, 5.41) is 9.46. The van der Waals surface area contributed by atoms with Crippen molar-refractivity contribution in [2.45, 2.75) is 12.1 Å². The molecule has 0 aromatic carbocycles. The molecule has 0 bridgehead atoms. The number of methoxy groups -OCH3 is 1. The summed E-state index contributed by atoms with van der Waals surface area (Å²) in [6.07, 6.45) is 0.227. The quantitative estimate of drug-likeness (QED) is 0.637. The molecule has 3 N–H and O–H groups in total. The molecule has 0 radical (unpaired) electrons. The molecule has 5 nitrogen and oxygen atoms in total. The van der Waals surface area contributed by atoms with E-state index in [0.29, 0.717) is 0 Å². The Balaban J connectivity index is 2.68. The third-order valence-electron chi connectivity index (χ3n) is 1.65. The van der Waals surface area contributed by atoms with Crippen molar-refractivity contribution in [3.63, 3.8) is 0 Å². The number of esters is 1. The molecule has 0 saturated heterocycles. The minimum absolute atomic E-state index is 0.248. The van der Waals surface area contributed by atoms with Crippen molar-refractivity contribution in [3.8, 4) is 0 Å². The van der Waals surface area contributed by atoms with Crippen LogP contribution in [0.1, 0.15) is 11.9 Å². The molecule has 2 atom stereocenters. The number of furan rings is 1. The van der Waals surface area contributed by atoms with Gasteiger partial charge in [0.05, 0.1) is 13.4 Å². The van der Waals surface area contributed by atoms with Crippen LogP contribution in [0.25, 0.3) is 0 Å². The van der Waals surface area contributed by atoms with E-state index < -0.39 is 18.1 Å². The molecular formula is C8H11NO4. The zero-order valence-electron chi connectivity index (χ0n) is 7.14. The third kappa shape index (κ3) is 2.07. The Kier molecular flexibility index (Phi) is 3.05. The van der Waals surface area contributed by atoms with Crippen LogP contribution in [0, 0.1) is 0 Å². The van der Waals surface area contributed by atoms with E-state index in [4.69, 9.17) is 10.2 Å². The molecule has 13 heavy (non-hydrogen) atoms. The molecule has 0 unspecified atom stereocenters. The number of ether oxygens (including phenoxy) is 1. The lowest BCUT2D eigenvalue weighted by Gasteiger charge is -2.13. The summed E-state index contributed by atoms with van der Waals surface area (Å²) in [5.41, 5.74) is 5.38. The summed E-state index contributed by atoms with van der Waals surface area (Å²) in [5.74, 6) is -0.429. The van der Waals surface area contributed by atoms with Gasteiger partial charge in [-0.2, -0.15) is 0 Å². The van der Waals surface area contributed by atoms with E-state index in [-0.39, 0.29) is 5.76 Å². The minimum atomic E-state index is -1.16. The van der Waals surface area contributed by atoms with Crippen LogP contribution in [0.5, 0.6) is 0 Å². The maximum absolute atomic E-state index is 10.9. The Hall–Kier alpha value is -1.33. The first-order chi connectivity index (χ1) is 6.16. The van der Waals surface area contributed by atoms with E-state index >= 15 is 0 Å². The van der Waals surface area contributed by atoms with Crippen molar-refractivity contribution in [3.05, 3.63) is 24.2 Å². The molecule has 0 aliphatic rings. The maximum atomic E-state index is 10.9. The van der Waals surface area contributed by atoms with Crippen LogP contribution in [-0.4, -0.2) is 24.2 Å². The van der Waals surface area contributed by atoms with E-state index in [1.807, 2.05) is 0 Å². The predicted molar refractivity (Wildman–Crippen MR) is 43.7 cm³/mol. The smallest absolute Gasteiger partial charge is 0.325 e. The van der Waals surface area contributed by atoms with E-state index in [0.717, 1.165) is 0 Å². The number of aliphatic hydroxyl groups excluding tert-OH is 1. The van der Waals surface area contributed by atoms with Gasteiger partial charge in [0.1, 0.15) is 17.9 Å². The topological polar surface area (TPSA) is 85.7 Å². The fourth-order valence-electron chi connectivity index (χ4n) is 0.902. The summed E-state index contributed by atoms with van der Waals surface area (Å²) in [4.78, 5) is 10.9. The van der Waals surface area contributed by atoms with Crippen LogP contribution in [0.15, 0.2) is 22.8 Å². The molecule has 0 saturated carbocycles. The normalized spacial score (nSPS) is 15.0. The molecule has 0 amide bonds. The molecule has 1 aromatic rings. The van der Waals surface area contributed by atoms with Crippen LogP contribution < -0.4 is 5.73 Å². The van der Waals surface area contributed by atoms with Crippen molar-refractivity contribution in [1.82, 2.24) is 0 Å². The highest BCUT2D eigenvalue weighted by molar-refractivity contribution is 5.76. The summed E-state index contributed by atoms with van der Waals surface area (Å²) in [6, 6.07) is 2.02. The van der Waals surface area contributed by atoms with Gasteiger partial charge >= 0.3 is 5.97 Å². The molecule has 1 aromatic heterocycles. The third-order valence-corrected chi connectivity index (χ3v) is 1.65. The molecule has 0 aliphatic carbocycles. The van der Waals surface area contributed by atoms with Gasteiger partial charge in [-0.1, -0.05) is 0 Å². The minimum Gasteiger partial charge on any atom is -0.468 e. The molecule has 0 spiro atoms. The second-order valence-electron chi connectivity index (χ2n) is 2.51. The highest BCUT2D eigenvalue weighted by Gasteiger charge is 2.26. The summed E-state index contributed by atoms with van der Waals surface area (Å²) >= 11 is 0. The van der Waals surface area contributed by atoms with Crippen molar-refractivity contribution >= 4 is 5.97 Å². The highest BCUT2D eigenvalue weighted by atomic mass is 16.5. The van der Waals surface area contributed by atoms with Crippen LogP contribution in [0.3, 0.4) is 0 Å². The Morgan fingerprint density at radius 2 is 2.46 bits per heavy atom. The first kappa shape index (κ1) is 9.76. The van der Waals surface area contributed by atoms with Crippen molar-refractivity contribution < 1.29 is 19.1 Å². The van der Waals surface area contributed by atoms with Gasteiger partial charge in [0.2, 0.25) is 0 Å². The Bertz CT molecular complexity index is 270. The number of hydrogen-bond donors (Lipinski definition) is 2. The van der Waals surface area contributed by atoms with E-state index in [1.165, 1.54) is 19.4 Å². The SMILES string of the molecule is COC(=O)[C@@H](N)[C@@H](O)c1ccco1. The van der Waals surface area contributed by atoms with Gasteiger partial charge in [-0.25, -0.2) is 0 Å². The highest BCUT2D eigenvalue weighted by Crippen LogP contribution is 2.16. The molecular weight excluding hydrogens is 174 g/mol. The lowest BCUT2D eigenvalue weighted by Crippen LogP contribution is -2.37. The zero-order chi connectivity index (χ0) is 9.84. The lowest BCUT2D eigenvalue weighted by molar-refractivity contribution is -0.145. The fourth-order valence-corrected chi connectivity index (χ4v) is 0.902.